The summed E-state index contributed by atoms with van der Waals surface area (Å²) in [6.45, 7) is 3.18. The Labute approximate surface area is 208 Å². The number of carbonyl (C=O) groups is 3. The van der Waals surface area contributed by atoms with Gasteiger partial charge in [-0.2, -0.15) is 4.31 Å². The normalized spacial score (nSPS) is 13.9. The fourth-order valence-electron chi connectivity index (χ4n) is 3.20. The van der Waals surface area contributed by atoms with E-state index in [4.69, 9.17) is 32.6 Å². The first-order chi connectivity index (χ1) is 16.3. The Hall–Kier alpha value is -3.48. The predicted octanol–water partition coefficient (Wildman–Crippen LogP) is 1.82. The summed E-state index contributed by atoms with van der Waals surface area (Å²) in [5, 5.41) is 17.5. The van der Waals surface area contributed by atoms with E-state index in [1.807, 2.05) is 0 Å². The molecule has 0 atom stereocenters. The number of carbonyl (C=O) groups excluding carboxylic acids is 2. The number of nitrogen functional groups attached to an aromatic ring is 1. The zero-order valence-corrected chi connectivity index (χ0v) is 20.7. The molecular weight excluding hydrogens is 498 g/mol. The highest BCUT2D eigenvalue weighted by atomic mass is 35.5. The summed E-state index contributed by atoms with van der Waals surface area (Å²) in [5.74, 6) is -1.44. The van der Waals surface area contributed by atoms with E-state index >= 15 is 0 Å². The number of nitrogens with one attached hydrogen (secondary N) is 2. The van der Waals surface area contributed by atoms with E-state index in [1.54, 1.807) is 29.2 Å². The predicted molar refractivity (Wildman–Crippen MR) is 131 cm³/mol. The second-order valence-corrected chi connectivity index (χ2v) is 9.87. The highest BCUT2D eigenvalue weighted by molar-refractivity contribution is 7.89. The standard InChI is InChI=1S/C20H22ClN5O4S.C2H4O2/c1-13(27)24-18-7-6-16(12-17(18)21)31(29,30)26-10-8-25(9-11-26)20(28)15-4-2-14(3-5-15)19(22)23;1-2(3)4/h2-7,12H,8-11H2,1H3,(H3,22,23)(H,24,27);1H3,(H,3,4). The molecule has 1 fully saturated rings. The average Bonchev–Trinajstić information content (AvgIpc) is 2.79. The second-order valence-electron chi connectivity index (χ2n) is 7.53. The molecule has 2 aromatic rings. The van der Waals surface area contributed by atoms with Crippen molar-refractivity contribution in [2.24, 2.45) is 5.73 Å². The van der Waals surface area contributed by atoms with Crippen LogP contribution in [0.3, 0.4) is 0 Å². The van der Waals surface area contributed by atoms with Crippen LogP contribution in [0.25, 0.3) is 0 Å². The van der Waals surface area contributed by atoms with Gasteiger partial charge in [0, 0.05) is 51.2 Å². The third-order valence-corrected chi connectivity index (χ3v) is 7.07. The molecule has 0 saturated carbocycles. The van der Waals surface area contributed by atoms with E-state index < -0.39 is 16.0 Å². The van der Waals surface area contributed by atoms with Gasteiger partial charge in [0.15, 0.2) is 0 Å². The molecule has 0 aromatic heterocycles. The molecule has 13 heteroatoms. The van der Waals surface area contributed by atoms with Gasteiger partial charge >= 0.3 is 0 Å². The Morgan fingerprint density at radius 2 is 1.51 bits per heavy atom. The van der Waals surface area contributed by atoms with Crippen molar-refractivity contribution in [1.82, 2.24) is 9.21 Å². The summed E-state index contributed by atoms with van der Waals surface area (Å²) in [6.07, 6.45) is 0. The molecule has 1 aliphatic rings. The summed E-state index contributed by atoms with van der Waals surface area (Å²) in [5.41, 5.74) is 6.73. The monoisotopic (exact) mass is 523 g/mol. The van der Waals surface area contributed by atoms with Gasteiger partial charge < -0.3 is 21.1 Å². The quantitative estimate of drug-likeness (QED) is 0.341. The van der Waals surface area contributed by atoms with Crippen molar-refractivity contribution in [3.63, 3.8) is 0 Å². The summed E-state index contributed by atoms with van der Waals surface area (Å²) in [7, 11) is -3.80. The highest BCUT2D eigenvalue weighted by Gasteiger charge is 2.31. The summed E-state index contributed by atoms with van der Waals surface area (Å²) >= 11 is 6.11. The number of halogens is 1. The number of carboxylic acid groups (broad SMARTS) is 1. The molecule has 0 spiro atoms. The number of hydrogen-bond donors (Lipinski definition) is 4. The van der Waals surface area contributed by atoms with Gasteiger partial charge in [-0.3, -0.25) is 19.8 Å². The van der Waals surface area contributed by atoms with Crippen LogP contribution in [0, 0.1) is 5.41 Å². The number of nitrogens with two attached hydrogens (primary N) is 1. The molecule has 0 radical (unpaired) electrons. The van der Waals surface area contributed by atoms with E-state index in [9.17, 15) is 18.0 Å². The first-order valence-electron chi connectivity index (χ1n) is 10.3. The number of piperazine rings is 1. The van der Waals surface area contributed by atoms with Crippen molar-refractivity contribution in [3.8, 4) is 0 Å². The van der Waals surface area contributed by atoms with Gasteiger partial charge in [-0.05, 0) is 30.3 Å². The average molecular weight is 524 g/mol. The molecule has 1 aliphatic heterocycles. The maximum atomic E-state index is 13.0. The Bertz CT molecular complexity index is 1220. The number of amides is 2. The zero-order chi connectivity index (χ0) is 26.3. The van der Waals surface area contributed by atoms with Gasteiger partial charge in [0.1, 0.15) is 5.84 Å². The van der Waals surface area contributed by atoms with Crippen LogP contribution in [-0.4, -0.2) is 72.5 Å². The first-order valence-corrected chi connectivity index (χ1v) is 12.1. The number of hydrogen-bond acceptors (Lipinski definition) is 6. The lowest BCUT2D eigenvalue weighted by Gasteiger charge is -2.34. The van der Waals surface area contributed by atoms with E-state index in [0.29, 0.717) is 16.8 Å². The molecule has 0 aliphatic carbocycles. The maximum Gasteiger partial charge on any atom is 0.300 e. The Morgan fingerprint density at radius 3 is 1.97 bits per heavy atom. The van der Waals surface area contributed by atoms with Crippen LogP contribution in [0.5, 0.6) is 0 Å². The van der Waals surface area contributed by atoms with Gasteiger partial charge in [-0.1, -0.05) is 23.7 Å². The molecule has 0 unspecified atom stereocenters. The molecule has 1 saturated heterocycles. The highest BCUT2D eigenvalue weighted by Crippen LogP contribution is 2.27. The fourth-order valence-corrected chi connectivity index (χ4v) is 4.94. The lowest BCUT2D eigenvalue weighted by molar-refractivity contribution is -0.134. The lowest BCUT2D eigenvalue weighted by atomic mass is 10.1. The molecule has 2 aromatic carbocycles. The number of aliphatic carboxylic acids is 1. The molecule has 11 nitrogen and oxygen atoms in total. The van der Waals surface area contributed by atoms with Gasteiger partial charge in [0.05, 0.1) is 15.6 Å². The van der Waals surface area contributed by atoms with E-state index in [0.717, 1.165) is 6.92 Å². The number of sulfonamides is 1. The van der Waals surface area contributed by atoms with E-state index in [2.05, 4.69) is 5.32 Å². The van der Waals surface area contributed by atoms with Crippen LogP contribution in [0.4, 0.5) is 5.69 Å². The van der Waals surface area contributed by atoms with Crippen molar-refractivity contribution in [3.05, 3.63) is 58.6 Å². The number of nitrogens with zero attached hydrogens (tertiary/aromatic N) is 2. The second kappa shape index (κ2) is 11.8. The van der Waals surface area contributed by atoms with Crippen molar-refractivity contribution < 1.29 is 27.9 Å². The van der Waals surface area contributed by atoms with Crippen molar-refractivity contribution >= 4 is 50.9 Å². The number of rotatable bonds is 5. The van der Waals surface area contributed by atoms with Crippen LogP contribution < -0.4 is 11.1 Å². The summed E-state index contributed by atoms with van der Waals surface area (Å²) < 4.78 is 27.2. The Balaban J connectivity index is 0.00000100. The fraction of sp³-hybridized carbons (Fsp3) is 0.273. The maximum absolute atomic E-state index is 13.0. The Morgan fingerprint density at radius 1 is 1.00 bits per heavy atom. The van der Waals surface area contributed by atoms with Gasteiger partial charge in [0.2, 0.25) is 15.9 Å². The van der Waals surface area contributed by atoms with Crippen LogP contribution >= 0.6 is 11.6 Å². The summed E-state index contributed by atoms with van der Waals surface area (Å²) in [4.78, 5) is 34.5. The van der Waals surface area contributed by atoms with E-state index in [-0.39, 0.29) is 53.7 Å². The third kappa shape index (κ3) is 7.50. The zero-order valence-electron chi connectivity index (χ0n) is 19.1. The molecule has 5 N–H and O–H groups in total. The van der Waals surface area contributed by atoms with E-state index in [1.165, 1.54) is 29.4 Å². The first kappa shape index (κ1) is 27.8. The van der Waals surface area contributed by atoms with Crippen LogP contribution in [-0.2, 0) is 19.6 Å². The minimum atomic E-state index is -3.80. The Kier molecular flexibility index (Phi) is 9.34. The largest absolute Gasteiger partial charge is 0.481 e. The molecular formula is C22H26ClN5O6S. The molecule has 3 rings (SSSR count). The smallest absolute Gasteiger partial charge is 0.300 e. The van der Waals surface area contributed by atoms with Crippen molar-refractivity contribution in [1.29, 1.82) is 5.41 Å². The van der Waals surface area contributed by atoms with Gasteiger partial charge in [-0.25, -0.2) is 8.42 Å². The third-order valence-electron chi connectivity index (χ3n) is 4.86. The molecule has 188 valence electrons. The van der Waals surface area contributed by atoms with Crippen molar-refractivity contribution in [2.75, 3.05) is 31.5 Å². The minimum Gasteiger partial charge on any atom is -0.481 e. The SMILES string of the molecule is CC(=O)Nc1ccc(S(=O)(=O)N2CCN(C(=O)c3ccc(C(=N)N)cc3)CC2)cc1Cl.CC(=O)O. The number of benzene rings is 2. The molecule has 2 amide bonds. The van der Waals surface area contributed by atoms with Crippen LogP contribution in [0.2, 0.25) is 5.02 Å². The van der Waals surface area contributed by atoms with Crippen LogP contribution in [0.1, 0.15) is 29.8 Å². The minimum absolute atomic E-state index is 0.0196. The molecule has 35 heavy (non-hydrogen) atoms. The number of amidine groups is 1. The number of anilines is 1. The topological polar surface area (TPSA) is 174 Å². The van der Waals surface area contributed by atoms with Gasteiger partial charge in [-0.15, -0.1) is 0 Å². The number of carboxylic acids is 1. The summed E-state index contributed by atoms with van der Waals surface area (Å²) in [6, 6.07) is 10.5. The van der Waals surface area contributed by atoms with Crippen LogP contribution in [0.15, 0.2) is 47.4 Å². The van der Waals surface area contributed by atoms with Gasteiger partial charge in [0.25, 0.3) is 11.9 Å². The molecule has 1 heterocycles. The lowest BCUT2D eigenvalue weighted by Crippen LogP contribution is -2.50. The molecule has 0 bridgehead atoms. The van der Waals surface area contributed by atoms with Crippen molar-refractivity contribution in [2.45, 2.75) is 18.7 Å².